The van der Waals surface area contributed by atoms with Crippen molar-refractivity contribution in [3.8, 4) is 17.0 Å². The Balaban J connectivity index is 1.15. The molecule has 2 N–H and O–H groups in total. The van der Waals surface area contributed by atoms with Crippen molar-refractivity contribution in [1.82, 2.24) is 20.1 Å². The summed E-state index contributed by atoms with van der Waals surface area (Å²) in [6.45, 7) is 0.839. The predicted molar refractivity (Wildman–Crippen MR) is 132 cm³/mol. The molecule has 0 saturated carbocycles. The minimum atomic E-state index is -0.182. The lowest BCUT2D eigenvalue weighted by atomic mass is 10.2. The zero-order chi connectivity index (χ0) is 23.6. The maximum atomic E-state index is 12.2. The quantitative estimate of drug-likeness (QED) is 0.344. The Morgan fingerprint density at radius 2 is 1.76 bits per heavy atom. The Morgan fingerprint density at radius 1 is 1.00 bits per heavy atom. The number of para-hydroxylation sites is 1. The van der Waals surface area contributed by atoms with Crippen molar-refractivity contribution in [1.29, 1.82) is 0 Å². The fourth-order valence-corrected chi connectivity index (χ4v) is 4.00. The number of hydrogen-bond donors (Lipinski definition) is 2. The van der Waals surface area contributed by atoms with E-state index < -0.39 is 0 Å². The van der Waals surface area contributed by atoms with Gasteiger partial charge in [-0.25, -0.2) is 4.98 Å². The zero-order valence-corrected chi connectivity index (χ0v) is 19.3. The van der Waals surface area contributed by atoms with Crippen molar-refractivity contribution in [3.05, 3.63) is 83.4 Å². The third-order valence-electron chi connectivity index (χ3n) is 4.85. The lowest BCUT2D eigenvalue weighted by Gasteiger charge is -2.06. The van der Waals surface area contributed by atoms with Gasteiger partial charge in [-0.3, -0.25) is 14.3 Å². The molecule has 4 rings (SSSR count). The molecule has 0 aliphatic rings. The average Bonchev–Trinajstić information content (AvgIpc) is 3.50. The molecule has 0 saturated heterocycles. The van der Waals surface area contributed by atoms with Crippen LogP contribution in [-0.2, 0) is 22.6 Å². The van der Waals surface area contributed by atoms with E-state index in [2.05, 4.69) is 20.7 Å². The molecule has 0 bridgehead atoms. The van der Waals surface area contributed by atoms with Gasteiger partial charge in [-0.1, -0.05) is 48.5 Å². The Morgan fingerprint density at radius 3 is 2.56 bits per heavy atom. The molecule has 2 aromatic heterocycles. The fraction of sp³-hybridized carbons (Fsp3) is 0.200. The van der Waals surface area contributed by atoms with E-state index in [-0.39, 0.29) is 31.4 Å². The molecule has 8 nitrogen and oxygen atoms in total. The van der Waals surface area contributed by atoms with Crippen LogP contribution in [0.3, 0.4) is 0 Å². The largest absolute Gasteiger partial charge is 0.493 e. The highest BCUT2D eigenvalue weighted by molar-refractivity contribution is 7.09. The van der Waals surface area contributed by atoms with Gasteiger partial charge < -0.3 is 15.4 Å². The number of nitrogens with zero attached hydrogens (tertiary/aromatic N) is 3. The molecule has 2 aromatic carbocycles. The van der Waals surface area contributed by atoms with Crippen LogP contribution in [0.5, 0.6) is 5.75 Å². The minimum absolute atomic E-state index is 0.0696. The molecule has 9 heteroatoms. The topological polar surface area (TPSA) is 98.1 Å². The number of benzene rings is 2. The van der Waals surface area contributed by atoms with Crippen LogP contribution in [0.15, 0.2) is 78.4 Å². The van der Waals surface area contributed by atoms with Crippen LogP contribution >= 0.6 is 11.3 Å². The van der Waals surface area contributed by atoms with E-state index in [9.17, 15) is 9.59 Å². The maximum absolute atomic E-state index is 12.2. The number of anilines is 1. The number of ether oxygens (including phenoxy) is 1. The SMILES string of the molecule is O=C(Cn1cc(NC(=O)CCOc2ccccc2)cn1)NCCc1nc(-c2ccccc2)cs1. The first-order valence-corrected chi connectivity index (χ1v) is 11.8. The molecule has 2 heterocycles. The maximum Gasteiger partial charge on any atom is 0.241 e. The summed E-state index contributed by atoms with van der Waals surface area (Å²) < 4.78 is 7.02. The highest BCUT2D eigenvalue weighted by atomic mass is 32.1. The van der Waals surface area contributed by atoms with Crippen molar-refractivity contribution in [2.75, 3.05) is 18.5 Å². The van der Waals surface area contributed by atoms with Crippen LogP contribution < -0.4 is 15.4 Å². The fourth-order valence-electron chi connectivity index (χ4n) is 3.20. The van der Waals surface area contributed by atoms with Gasteiger partial charge in [0.05, 0.1) is 35.6 Å². The van der Waals surface area contributed by atoms with Crippen molar-refractivity contribution in [2.45, 2.75) is 19.4 Å². The molecule has 0 atom stereocenters. The van der Waals surface area contributed by atoms with Gasteiger partial charge in [0.15, 0.2) is 0 Å². The van der Waals surface area contributed by atoms with Gasteiger partial charge in [0.2, 0.25) is 11.8 Å². The Labute approximate surface area is 201 Å². The van der Waals surface area contributed by atoms with Crippen LogP contribution in [0.1, 0.15) is 11.4 Å². The molecule has 0 unspecified atom stereocenters. The first kappa shape index (κ1) is 23.2. The molecule has 0 aliphatic carbocycles. The first-order chi connectivity index (χ1) is 16.7. The van der Waals surface area contributed by atoms with Crippen molar-refractivity contribution in [2.24, 2.45) is 0 Å². The van der Waals surface area contributed by atoms with Crippen LogP contribution in [0.2, 0.25) is 0 Å². The Hall–Kier alpha value is -3.98. The first-order valence-electron chi connectivity index (χ1n) is 10.9. The smallest absolute Gasteiger partial charge is 0.241 e. The van der Waals surface area contributed by atoms with Gasteiger partial charge in [0.1, 0.15) is 12.3 Å². The van der Waals surface area contributed by atoms with Crippen LogP contribution in [-0.4, -0.2) is 39.7 Å². The predicted octanol–water partition coefficient (Wildman–Crippen LogP) is 3.77. The van der Waals surface area contributed by atoms with E-state index in [4.69, 9.17) is 4.74 Å². The number of hydrogen-bond acceptors (Lipinski definition) is 6. The number of carbonyl (C=O) groups is 2. The third-order valence-corrected chi connectivity index (χ3v) is 5.75. The van der Waals surface area contributed by atoms with Gasteiger partial charge in [-0.15, -0.1) is 11.3 Å². The Kier molecular flexibility index (Phi) is 8.02. The highest BCUT2D eigenvalue weighted by Gasteiger charge is 2.09. The van der Waals surface area contributed by atoms with Crippen molar-refractivity contribution in [3.63, 3.8) is 0 Å². The van der Waals surface area contributed by atoms with Crippen LogP contribution in [0.4, 0.5) is 5.69 Å². The van der Waals surface area contributed by atoms with Crippen LogP contribution in [0, 0.1) is 0 Å². The summed E-state index contributed by atoms with van der Waals surface area (Å²) in [5.74, 6) is 0.385. The summed E-state index contributed by atoms with van der Waals surface area (Å²) in [5.41, 5.74) is 2.57. The third kappa shape index (κ3) is 7.01. The molecule has 0 aliphatic heterocycles. The minimum Gasteiger partial charge on any atom is -0.493 e. The monoisotopic (exact) mass is 475 g/mol. The van der Waals surface area contributed by atoms with Gasteiger partial charge in [-0.2, -0.15) is 5.10 Å². The molecule has 174 valence electrons. The van der Waals surface area contributed by atoms with Gasteiger partial charge in [0.25, 0.3) is 0 Å². The Bertz CT molecular complexity index is 1210. The van der Waals surface area contributed by atoms with Crippen LogP contribution in [0.25, 0.3) is 11.3 Å². The standard InChI is InChI=1S/C25H25N5O3S/c31-23(12-14-33-21-9-5-2-6-10-21)28-20-15-27-30(16-20)17-24(32)26-13-11-25-29-22(18-34-25)19-7-3-1-4-8-19/h1-10,15-16,18H,11-14,17H2,(H,26,32)(H,28,31). The number of thiazole rings is 1. The summed E-state index contributed by atoms with van der Waals surface area (Å²) >= 11 is 1.58. The highest BCUT2D eigenvalue weighted by Crippen LogP contribution is 2.21. The zero-order valence-electron chi connectivity index (χ0n) is 18.5. The lowest BCUT2D eigenvalue weighted by Crippen LogP contribution is -2.29. The second-order valence-corrected chi connectivity index (χ2v) is 8.42. The van der Waals surface area contributed by atoms with Crippen molar-refractivity contribution < 1.29 is 14.3 Å². The number of carbonyl (C=O) groups excluding carboxylic acids is 2. The van der Waals surface area contributed by atoms with Gasteiger partial charge in [0, 0.05) is 30.1 Å². The summed E-state index contributed by atoms with van der Waals surface area (Å²) in [5, 5.41) is 12.8. The van der Waals surface area contributed by atoms with Crippen molar-refractivity contribution >= 4 is 28.8 Å². The molecule has 0 radical (unpaired) electrons. The van der Waals surface area contributed by atoms with E-state index in [1.54, 1.807) is 17.5 Å². The lowest BCUT2D eigenvalue weighted by molar-refractivity contribution is -0.121. The second kappa shape index (κ2) is 11.8. The number of aromatic nitrogens is 3. The molecule has 0 spiro atoms. The van der Waals surface area contributed by atoms with Gasteiger partial charge in [-0.05, 0) is 12.1 Å². The normalized spacial score (nSPS) is 10.6. The summed E-state index contributed by atoms with van der Waals surface area (Å²) in [4.78, 5) is 29.0. The molecule has 0 fully saturated rings. The molecular weight excluding hydrogens is 450 g/mol. The number of nitrogens with one attached hydrogen (secondary N) is 2. The molecule has 34 heavy (non-hydrogen) atoms. The van der Waals surface area contributed by atoms with E-state index in [1.807, 2.05) is 66.0 Å². The number of rotatable bonds is 11. The van der Waals surface area contributed by atoms with Gasteiger partial charge >= 0.3 is 0 Å². The average molecular weight is 476 g/mol. The second-order valence-electron chi connectivity index (χ2n) is 7.48. The summed E-state index contributed by atoms with van der Waals surface area (Å²) in [7, 11) is 0. The number of amides is 2. The van der Waals surface area contributed by atoms with E-state index in [0.29, 0.717) is 18.7 Å². The van der Waals surface area contributed by atoms with E-state index >= 15 is 0 Å². The molecule has 2 amide bonds. The summed E-state index contributed by atoms with van der Waals surface area (Å²) in [6.07, 6.45) is 4.02. The van der Waals surface area contributed by atoms with E-state index in [1.165, 1.54) is 10.9 Å². The molecular formula is C25H25N5O3S. The summed E-state index contributed by atoms with van der Waals surface area (Å²) in [6, 6.07) is 19.3. The molecule has 4 aromatic rings. The van der Waals surface area contributed by atoms with E-state index in [0.717, 1.165) is 22.0 Å².